The quantitative estimate of drug-likeness (QED) is 0.593. The summed E-state index contributed by atoms with van der Waals surface area (Å²) in [6.45, 7) is 5.87. The van der Waals surface area contributed by atoms with Crippen LogP contribution >= 0.6 is 0 Å². The molecule has 1 aliphatic rings. The fourth-order valence-corrected chi connectivity index (χ4v) is 4.31. The van der Waals surface area contributed by atoms with Gasteiger partial charge in [0.15, 0.2) is 0 Å². The topological polar surface area (TPSA) is 72.9 Å². The Morgan fingerprint density at radius 2 is 1.69 bits per heavy atom. The maximum absolute atomic E-state index is 13.0. The molecule has 1 aliphatic heterocycles. The molecule has 1 heterocycles. The van der Waals surface area contributed by atoms with E-state index in [-0.39, 0.29) is 18.4 Å². The minimum absolute atomic E-state index is 0.0904. The molecule has 1 amide bonds. The number of piperazine rings is 1. The summed E-state index contributed by atoms with van der Waals surface area (Å²) in [5.41, 5.74) is 2.77. The second kappa shape index (κ2) is 9.83. The number of rotatable bonds is 7. The van der Waals surface area contributed by atoms with E-state index in [4.69, 9.17) is 5.11 Å². The zero-order valence-electron chi connectivity index (χ0n) is 18.3. The molecule has 0 aliphatic carbocycles. The Labute approximate surface area is 188 Å². The molecule has 6 nitrogen and oxygen atoms in total. The molecule has 1 atom stereocenters. The number of hydrogen-bond donors (Lipinski definition) is 2. The molecule has 1 fully saturated rings. The zero-order chi connectivity index (χ0) is 22.5. The fourth-order valence-electron chi connectivity index (χ4n) is 4.31. The van der Waals surface area contributed by atoms with Crippen LogP contribution in [0.15, 0.2) is 66.7 Å². The highest BCUT2D eigenvalue weighted by Gasteiger charge is 2.19. The predicted octanol–water partition coefficient (Wildman–Crippen LogP) is 3.93. The number of carboxylic acid groups (broad SMARTS) is 1. The lowest BCUT2D eigenvalue weighted by Gasteiger charge is -2.36. The van der Waals surface area contributed by atoms with Gasteiger partial charge in [-0.05, 0) is 41.5 Å². The lowest BCUT2D eigenvalue weighted by molar-refractivity contribution is -0.137. The first-order valence-corrected chi connectivity index (χ1v) is 11.1. The first kappa shape index (κ1) is 21.8. The second-order valence-electron chi connectivity index (χ2n) is 8.29. The van der Waals surface area contributed by atoms with Gasteiger partial charge < -0.3 is 15.3 Å². The van der Waals surface area contributed by atoms with Gasteiger partial charge in [0.05, 0.1) is 12.5 Å². The van der Waals surface area contributed by atoms with Gasteiger partial charge in [0, 0.05) is 44.0 Å². The largest absolute Gasteiger partial charge is 0.481 e. The van der Waals surface area contributed by atoms with E-state index in [1.54, 1.807) is 0 Å². The molecule has 4 rings (SSSR count). The molecule has 3 aromatic rings. The average Bonchev–Trinajstić information content (AvgIpc) is 2.82. The molecular weight excluding hydrogens is 402 g/mol. The van der Waals surface area contributed by atoms with Crippen molar-refractivity contribution in [3.05, 3.63) is 77.9 Å². The van der Waals surface area contributed by atoms with Crippen molar-refractivity contribution in [2.75, 3.05) is 37.6 Å². The summed E-state index contributed by atoms with van der Waals surface area (Å²) in [6, 6.07) is 22.0. The van der Waals surface area contributed by atoms with Gasteiger partial charge in [-0.3, -0.25) is 14.5 Å². The van der Waals surface area contributed by atoms with E-state index in [1.807, 2.05) is 49.4 Å². The van der Waals surface area contributed by atoms with Crippen LogP contribution in [0.4, 0.5) is 5.69 Å². The SMILES string of the molecule is C[C@@H](NC(=O)c1cccc(N2CCN(CCC(=O)O)CC2)c1)c1cccc2ccccc12. The van der Waals surface area contributed by atoms with Crippen LogP contribution in [0.25, 0.3) is 10.8 Å². The summed E-state index contributed by atoms with van der Waals surface area (Å²) >= 11 is 0. The highest BCUT2D eigenvalue weighted by Crippen LogP contribution is 2.25. The number of nitrogens with zero attached hydrogens (tertiary/aromatic N) is 2. The van der Waals surface area contributed by atoms with Crippen LogP contribution in [-0.2, 0) is 4.79 Å². The Hall–Kier alpha value is -3.38. The van der Waals surface area contributed by atoms with E-state index in [1.165, 1.54) is 0 Å². The van der Waals surface area contributed by atoms with E-state index in [0.717, 1.165) is 48.2 Å². The molecule has 2 N–H and O–H groups in total. The third-order valence-electron chi connectivity index (χ3n) is 6.13. The van der Waals surface area contributed by atoms with Crippen molar-refractivity contribution in [3.8, 4) is 0 Å². The van der Waals surface area contributed by atoms with Crippen molar-refractivity contribution in [2.24, 2.45) is 0 Å². The third-order valence-corrected chi connectivity index (χ3v) is 6.13. The van der Waals surface area contributed by atoms with Gasteiger partial charge in [-0.15, -0.1) is 0 Å². The van der Waals surface area contributed by atoms with Gasteiger partial charge in [0.1, 0.15) is 0 Å². The Kier molecular flexibility index (Phi) is 6.71. The number of carboxylic acids is 1. The van der Waals surface area contributed by atoms with Crippen LogP contribution in [0, 0.1) is 0 Å². The number of hydrogen-bond acceptors (Lipinski definition) is 4. The number of carbonyl (C=O) groups excluding carboxylic acids is 1. The van der Waals surface area contributed by atoms with Crippen LogP contribution in [0.2, 0.25) is 0 Å². The predicted molar refractivity (Wildman–Crippen MR) is 127 cm³/mol. The molecule has 0 spiro atoms. The second-order valence-corrected chi connectivity index (χ2v) is 8.29. The van der Waals surface area contributed by atoms with E-state index >= 15 is 0 Å². The van der Waals surface area contributed by atoms with Crippen molar-refractivity contribution < 1.29 is 14.7 Å². The summed E-state index contributed by atoms with van der Waals surface area (Å²) in [7, 11) is 0. The molecule has 6 heteroatoms. The molecule has 0 unspecified atom stereocenters. The standard InChI is InChI=1S/C26H29N3O3/c1-19(23-11-5-7-20-6-2-3-10-24(20)23)27-26(32)21-8-4-9-22(18-21)29-16-14-28(15-17-29)13-12-25(30)31/h2-11,18-19H,12-17H2,1H3,(H,27,32)(H,30,31)/t19-/m1/s1. The van der Waals surface area contributed by atoms with Gasteiger partial charge in [-0.2, -0.15) is 0 Å². The normalized spacial score (nSPS) is 15.5. The Balaban J connectivity index is 1.41. The van der Waals surface area contributed by atoms with Crippen molar-refractivity contribution in [1.82, 2.24) is 10.2 Å². The van der Waals surface area contributed by atoms with Gasteiger partial charge in [0.2, 0.25) is 0 Å². The van der Waals surface area contributed by atoms with Crippen LogP contribution in [0.3, 0.4) is 0 Å². The van der Waals surface area contributed by atoms with Gasteiger partial charge >= 0.3 is 5.97 Å². The maximum Gasteiger partial charge on any atom is 0.304 e. The lowest BCUT2D eigenvalue weighted by atomic mass is 9.99. The van der Waals surface area contributed by atoms with E-state index in [2.05, 4.69) is 39.4 Å². The zero-order valence-corrected chi connectivity index (χ0v) is 18.3. The van der Waals surface area contributed by atoms with Gasteiger partial charge in [0.25, 0.3) is 5.91 Å². The summed E-state index contributed by atoms with van der Waals surface area (Å²) in [6.07, 6.45) is 0.171. The van der Waals surface area contributed by atoms with Crippen LogP contribution in [0.5, 0.6) is 0 Å². The van der Waals surface area contributed by atoms with Gasteiger partial charge in [-0.25, -0.2) is 0 Å². The molecule has 0 bridgehead atoms. The minimum atomic E-state index is -0.760. The highest BCUT2D eigenvalue weighted by atomic mass is 16.4. The molecule has 166 valence electrons. The number of aliphatic carboxylic acids is 1. The van der Waals surface area contributed by atoms with Crippen LogP contribution < -0.4 is 10.2 Å². The monoisotopic (exact) mass is 431 g/mol. The lowest BCUT2D eigenvalue weighted by Crippen LogP contribution is -2.47. The summed E-state index contributed by atoms with van der Waals surface area (Å²) in [5.74, 6) is -0.851. The molecule has 32 heavy (non-hydrogen) atoms. The van der Waals surface area contributed by atoms with Crippen molar-refractivity contribution in [3.63, 3.8) is 0 Å². The van der Waals surface area contributed by atoms with Crippen molar-refractivity contribution in [2.45, 2.75) is 19.4 Å². The summed E-state index contributed by atoms with van der Waals surface area (Å²) in [5, 5.41) is 14.3. The van der Waals surface area contributed by atoms with E-state index < -0.39 is 5.97 Å². The number of amides is 1. The molecule has 3 aromatic carbocycles. The van der Waals surface area contributed by atoms with E-state index in [9.17, 15) is 9.59 Å². The molecule has 0 saturated carbocycles. The van der Waals surface area contributed by atoms with E-state index in [0.29, 0.717) is 12.1 Å². The maximum atomic E-state index is 13.0. The average molecular weight is 432 g/mol. The fraction of sp³-hybridized carbons (Fsp3) is 0.308. The molecule has 1 saturated heterocycles. The van der Waals surface area contributed by atoms with Crippen LogP contribution in [-0.4, -0.2) is 54.6 Å². The highest BCUT2D eigenvalue weighted by molar-refractivity contribution is 5.96. The van der Waals surface area contributed by atoms with Crippen molar-refractivity contribution >= 4 is 28.3 Å². The number of benzene rings is 3. The van der Waals surface area contributed by atoms with Crippen LogP contribution in [0.1, 0.15) is 35.3 Å². The minimum Gasteiger partial charge on any atom is -0.481 e. The number of nitrogens with one attached hydrogen (secondary N) is 1. The van der Waals surface area contributed by atoms with Crippen molar-refractivity contribution in [1.29, 1.82) is 0 Å². The molecule has 0 aromatic heterocycles. The number of fused-ring (bicyclic) bond motifs is 1. The Morgan fingerprint density at radius 1 is 0.969 bits per heavy atom. The summed E-state index contributed by atoms with van der Waals surface area (Å²) < 4.78 is 0. The molecular formula is C26H29N3O3. The number of anilines is 1. The Morgan fingerprint density at radius 3 is 2.47 bits per heavy atom. The number of carbonyl (C=O) groups is 2. The Bertz CT molecular complexity index is 1100. The van der Waals surface area contributed by atoms with Gasteiger partial charge in [-0.1, -0.05) is 48.5 Å². The smallest absolute Gasteiger partial charge is 0.304 e. The summed E-state index contributed by atoms with van der Waals surface area (Å²) in [4.78, 5) is 28.2. The first-order chi connectivity index (χ1) is 15.5. The first-order valence-electron chi connectivity index (χ1n) is 11.1. The molecule has 0 radical (unpaired) electrons. The third kappa shape index (κ3) is 5.08.